The van der Waals surface area contributed by atoms with E-state index in [4.69, 9.17) is 10.2 Å². The molecule has 14 nitrogen and oxygen atoms in total. The molecule has 2 saturated heterocycles. The lowest BCUT2D eigenvalue weighted by Crippen LogP contribution is -2.44. The fourth-order valence-corrected chi connectivity index (χ4v) is 8.06. The second-order valence-corrected chi connectivity index (χ2v) is 15.2. The Bertz CT molecular complexity index is 2240. The summed E-state index contributed by atoms with van der Waals surface area (Å²) in [4.78, 5) is 47.7. The molecule has 6 heterocycles. The van der Waals surface area contributed by atoms with Gasteiger partial charge in [0.1, 0.15) is 16.5 Å². The third-order valence-electron chi connectivity index (χ3n) is 9.39. The van der Waals surface area contributed by atoms with Gasteiger partial charge in [0.15, 0.2) is 5.01 Å². The molecule has 0 radical (unpaired) electrons. The number of furan rings is 1. The quantitative estimate of drug-likeness (QED) is 0.105. The van der Waals surface area contributed by atoms with Gasteiger partial charge >= 0.3 is 0 Å². The highest BCUT2D eigenvalue weighted by Gasteiger charge is 2.20. The number of likely N-dealkylation sites (N-methyl/N-ethyl adjacent to an activating group) is 1. The Balaban J connectivity index is 0.974. The number of aromatic nitrogens is 3. The third-order valence-corrected chi connectivity index (χ3v) is 11.5. The summed E-state index contributed by atoms with van der Waals surface area (Å²) in [6, 6.07) is 17.2. The maximum absolute atomic E-state index is 13.5. The van der Waals surface area contributed by atoms with E-state index < -0.39 is 5.91 Å². The number of nitrogens with zero attached hydrogens (tertiary/aromatic N) is 6. The first-order chi connectivity index (χ1) is 26.4. The van der Waals surface area contributed by atoms with Crippen molar-refractivity contribution in [1.29, 1.82) is 0 Å². The summed E-state index contributed by atoms with van der Waals surface area (Å²) in [7, 11) is 2.10. The van der Waals surface area contributed by atoms with Crippen LogP contribution in [-0.2, 0) is 0 Å². The monoisotopic (exact) mass is 761 g/mol. The number of hydrogen-bond donors (Lipinski definition) is 5. The smallest absolute Gasteiger partial charge is 0.284 e. The molecule has 0 unspecified atom stereocenters. The molecule has 2 amide bonds. The number of carbonyl (C=O) groups is 2. The maximum Gasteiger partial charge on any atom is 0.284 e. The van der Waals surface area contributed by atoms with Crippen LogP contribution in [-0.4, -0.2) is 91.1 Å². The van der Waals surface area contributed by atoms with Crippen LogP contribution in [0.25, 0.3) is 21.6 Å². The average molecular weight is 762 g/mol. The average Bonchev–Trinajstić information content (AvgIpc) is 4.01. The van der Waals surface area contributed by atoms with Crippen molar-refractivity contribution >= 4 is 73.1 Å². The van der Waals surface area contributed by atoms with Gasteiger partial charge in [0.2, 0.25) is 0 Å². The number of anilines is 7. The Kier molecular flexibility index (Phi) is 10.2. The number of nitrogens with two attached hydrogens (primary N) is 1. The zero-order valence-corrected chi connectivity index (χ0v) is 31.2. The molecule has 276 valence electrons. The molecule has 16 heteroatoms. The van der Waals surface area contributed by atoms with Crippen LogP contribution in [0.4, 0.5) is 38.6 Å². The summed E-state index contributed by atoms with van der Waals surface area (Å²) >= 11 is 2.91. The Labute approximate surface area is 320 Å². The lowest BCUT2D eigenvalue weighted by Gasteiger charge is -2.32. The van der Waals surface area contributed by atoms with E-state index in [1.54, 1.807) is 31.0 Å². The predicted octanol–water partition coefficient (Wildman–Crippen LogP) is 5.91. The Hall–Kier alpha value is -5.81. The number of thiazole rings is 1. The number of piperazine rings is 2. The van der Waals surface area contributed by atoms with Gasteiger partial charge in [0, 0.05) is 62.8 Å². The summed E-state index contributed by atoms with van der Waals surface area (Å²) in [6.07, 6.45) is 8.20. The summed E-state index contributed by atoms with van der Waals surface area (Å²) in [5.74, 6) is 0.0798. The lowest BCUT2D eigenvalue weighted by molar-refractivity contribution is 0.101. The fourth-order valence-electron chi connectivity index (χ4n) is 6.28. The van der Waals surface area contributed by atoms with Crippen molar-refractivity contribution in [3.05, 3.63) is 96.4 Å². The zero-order chi connectivity index (χ0) is 37.0. The molecule has 0 saturated carbocycles. The first-order valence-corrected chi connectivity index (χ1v) is 19.2. The number of amides is 2. The van der Waals surface area contributed by atoms with Gasteiger partial charge in [0.05, 0.1) is 58.9 Å². The first-order valence-electron chi connectivity index (χ1n) is 17.6. The standard InChI is InChI=1S/C38H39N11O3S2/c1-47-13-15-48(16-14-47)33-21-41-31(20-42-33)36(50)45-29-19-25(2-4-27(29)39)32-6-7-34(53-32)44-28-5-3-24(26-8-17-52-23-26)18-30(28)46-37(51)38-43-22-35(54-38)49-11-9-40-10-12-49/h2-8,17-23,40,44H,9-16,39H2,1H3,(H,45,50)(H,46,51). The summed E-state index contributed by atoms with van der Waals surface area (Å²) in [5.41, 5.74) is 11.4. The topological polar surface area (TPSA) is 170 Å². The van der Waals surface area contributed by atoms with Crippen LogP contribution in [0.3, 0.4) is 0 Å². The van der Waals surface area contributed by atoms with E-state index in [-0.39, 0.29) is 11.6 Å². The van der Waals surface area contributed by atoms with Gasteiger partial charge < -0.3 is 46.1 Å². The minimum absolute atomic E-state index is 0.205. The van der Waals surface area contributed by atoms with E-state index >= 15 is 0 Å². The Morgan fingerprint density at radius 3 is 2.33 bits per heavy atom. The van der Waals surface area contributed by atoms with Gasteiger partial charge in [-0.3, -0.25) is 9.59 Å². The number of thiophene rings is 1. The van der Waals surface area contributed by atoms with Crippen molar-refractivity contribution in [1.82, 2.24) is 25.2 Å². The number of benzene rings is 2. The fraction of sp³-hybridized carbons (Fsp3) is 0.237. The molecule has 0 aliphatic carbocycles. The van der Waals surface area contributed by atoms with Gasteiger partial charge in [-0.2, -0.15) is 0 Å². The molecule has 2 fully saturated rings. The van der Waals surface area contributed by atoms with Crippen molar-refractivity contribution in [2.45, 2.75) is 0 Å². The zero-order valence-electron chi connectivity index (χ0n) is 29.5. The van der Waals surface area contributed by atoms with Crippen LogP contribution in [0.5, 0.6) is 0 Å². The largest absolute Gasteiger partial charge is 0.472 e. The molecule has 2 aliphatic rings. The van der Waals surface area contributed by atoms with Crippen molar-refractivity contribution < 1.29 is 14.0 Å². The minimum Gasteiger partial charge on any atom is -0.472 e. The molecular formula is C38H39N11O3S2. The predicted molar refractivity (Wildman–Crippen MR) is 216 cm³/mol. The number of carbonyl (C=O) groups excluding carboxylic acids is 2. The number of rotatable bonds is 10. The van der Waals surface area contributed by atoms with Crippen molar-refractivity contribution in [3.8, 4) is 21.6 Å². The highest BCUT2D eigenvalue weighted by molar-refractivity contribution is 7.19. The van der Waals surface area contributed by atoms with Crippen LogP contribution in [0.1, 0.15) is 20.3 Å². The molecule has 6 N–H and O–H groups in total. The van der Waals surface area contributed by atoms with Crippen molar-refractivity contribution in [2.24, 2.45) is 0 Å². The van der Waals surface area contributed by atoms with E-state index in [9.17, 15) is 9.59 Å². The van der Waals surface area contributed by atoms with Crippen LogP contribution in [0.2, 0.25) is 0 Å². The molecule has 54 heavy (non-hydrogen) atoms. The SMILES string of the molecule is CN1CCN(c2cnc(C(=O)Nc3cc(-c4ccc(Nc5ccc(-c6ccoc6)cc5NC(=O)c5ncc(N6CCNCC6)s5)s4)ccc3N)cn2)CC1. The Morgan fingerprint density at radius 1 is 0.759 bits per heavy atom. The molecule has 6 aromatic rings. The second-order valence-electron chi connectivity index (χ2n) is 13.1. The lowest BCUT2D eigenvalue weighted by atomic mass is 10.1. The van der Waals surface area contributed by atoms with Crippen LogP contribution in [0, 0.1) is 0 Å². The molecule has 4 aromatic heterocycles. The number of nitrogens with one attached hydrogen (secondary N) is 4. The second kappa shape index (κ2) is 15.7. The maximum atomic E-state index is 13.5. The molecule has 2 aliphatic heterocycles. The molecule has 2 aromatic carbocycles. The molecular weight excluding hydrogens is 723 g/mol. The van der Waals surface area contributed by atoms with Gasteiger partial charge in [-0.15, -0.1) is 11.3 Å². The van der Waals surface area contributed by atoms with E-state index in [1.165, 1.54) is 28.9 Å². The van der Waals surface area contributed by atoms with E-state index in [2.05, 4.69) is 58.0 Å². The van der Waals surface area contributed by atoms with Crippen LogP contribution >= 0.6 is 22.7 Å². The first kappa shape index (κ1) is 35.2. The van der Waals surface area contributed by atoms with Gasteiger partial charge in [-0.1, -0.05) is 23.5 Å². The van der Waals surface area contributed by atoms with Gasteiger partial charge in [-0.25, -0.2) is 15.0 Å². The highest BCUT2D eigenvalue weighted by atomic mass is 32.1. The highest BCUT2D eigenvalue weighted by Crippen LogP contribution is 2.38. The van der Waals surface area contributed by atoms with Gasteiger partial charge in [-0.05, 0) is 60.6 Å². The van der Waals surface area contributed by atoms with Crippen LogP contribution < -0.4 is 36.8 Å². The molecule has 0 bridgehead atoms. The van der Waals surface area contributed by atoms with E-state index in [0.717, 1.165) is 89.7 Å². The summed E-state index contributed by atoms with van der Waals surface area (Å²) in [6.45, 7) is 7.18. The van der Waals surface area contributed by atoms with Crippen LogP contribution in [0.15, 0.2) is 90.1 Å². The van der Waals surface area contributed by atoms with Crippen molar-refractivity contribution in [3.63, 3.8) is 0 Å². The number of hydrogen-bond acceptors (Lipinski definition) is 14. The molecule has 0 atom stereocenters. The number of nitrogen functional groups attached to an aromatic ring is 1. The normalized spacial score (nSPS) is 14.9. The van der Waals surface area contributed by atoms with Gasteiger partial charge in [0.25, 0.3) is 11.8 Å². The summed E-state index contributed by atoms with van der Waals surface area (Å²) in [5, 5.41) is 15.1. The Morgan fingerprint density at radius 2 is 1.56 bits per heavy atom. The third kappa shape index (κ3) is 7.91. The summed E-state index contributed by atoms with van der Waals surface area (Å²) < 4.78 is 5.32. The molecule has 8 rings (SSSR count). The van der Waals surface area contributed by atoms with E-state index in [1.807, 2.05) is 48.5 Å². The van der Waals surface area contributed by atoms with Crippen molar-refractivity contribution in [2.75, 3.05) is 90.9 Å². The molecule has 0 spiro atoms. The van der Waals surface area contributed by atoms with E-state index in [0.29, 0.717) is 27.8 Å². The minimum atomic E-state index is -0.393.